The summed E-state index contributed by atoms with van der Waals surface area (Å²) < 4.78 is 149. The van der Waals surface area contributed by atoms with Gasteiger partial charge in [-0.15, -0.1) is 0 Å². The van der Waals surface area contributed by atoms with E-state index >= 15 is 0 Å². The van der Waals surface area contributed by atoms with Gasteiger partial charge in [0.15, 0.2) is 0 Å². The van der Waals surface area contributed by atoms with Crippen LogP contribution >= 0.6 is 0 Å². The van der Waals surface area contributed by atoms with Gasteiger partial charge < -0.3 is 0 Å². The molecule has 0 aromatic rings. The topological polar surface area (TPSA) is 17.1 Å². The first-order chi connectivity index (χ1) is 9.40. The van der Waals surface area contributed by atoms with E-state index in [1.807, 2.05) is 0 Å². The van der Waals surface area contributed by atoms with Crippen LogP contribution in [0.25, 0.3) is 0 Å². The smallest absolute Gasteiger partial charge is 0.289 e. The molecule has 0 heterocycles. The molecule has 0 N–H and O–H groups in total. The van der Waals surface area contributed by atoms with E-state index < -0.39 is 52.8 Å². The van der Waals surface area contributed by atoms with Crippen molar-refractivity contribution in [2.24, 2.45) is 0 Å². The highest BCUT2D eigenvalue weighted by Gasteiger charge is 2.64. The van der Waals surface area contributed by atoms with E-state index in [-0.39, 0.29) is 0 Å². The Kier molecular flexibility index (Phi) is 3.88. The number of carbonyl (C=O) groups is 1. The van der Waals surface area contributed by atoms with Gasteiger partial charge in [-0.3, -0.25) is 4.79 Å². The van der Waals surface area contributed by atoms with Gasteiger partial charge in [-0.05, 0) is 0 Å². The zero-order chi connectivity index (χ0) is 17.9. The lowest BCUT2D eigenvalue weighted by Crippen LogP contribution is -2.27. The van der Waals surface area contributed by atoms with Crippen molar-refractivity contribution in [1.82, 2.24) is 0 Å². The van der Waals surface area contributed by atoms with Crippen molar-refractivity contribution >= 4 is 5.78 Å². The zero-order valence-electron chi connectivity index (χ0n) is 9.44. The van der Waals surface area contributed by atoms with Crippen LogP contribution in [-0.2, 0) is 4.79 Å². The van der Waals surface area contributed by atoms with Gasteiger partial charge in [0.25, 0.3) is 0 Å². The summed E-state index contributed by atoms with van der Waals surface area (Å²) in [5.41, 5.74) is -14.5. The van der Waals surface area contributed by atoms with Crippen molar-refractivity contribution in [3.63, 3.8) is 0 Å². The van der Waals surface area contributed by atoms with E-state index in [0.717, 1.165) is 0 Å². The molecular weight excluding hydrogens is 352 g/mol. The third-order valence-electron chi connectivity index (χ3n) is 2.34. The molecule has 1 aliphatic rings. The number of allylic oxidation sites excluding steroid dienone is 4. The second kappa shape index (κ2) is 4.65. The number of rotatable bonds is 0. The number of halogens is 12. The van der Waals surface area contributed by atoms with Crippen LogP contribution in [0.15, 0.2) is 22.3 Å². The van der Waals surface area contributed by atoms with E-state index in [4.69, 9.17) is 0 Å². The molecule has 1 rings (SSSR count). The molecule has 0 aromatic heterocycles. The van der Waals surface area contributed by atoms with Gasteiger partial charge in [-0.1, -0.05) is 0 Å². The lowest BCUT2D eigenvalue weighted by molar-refractivity contribution is -0.137. The first-order valence-corrected chi connectivity index (χ1v) is 4.72. The third-order valence-corrected chi connectivity index (χ3v) is 2.34. The lowest BCUT2D eigenvalue weighted by atomic mass is 10.0. The molecule has 0 unspecified atom stereocenters. The molecule has 0 amide bonds. The molecule has 0 atom stereocenters. The summed E-state index contributed by atoms with van der Waals surface area (Å²) in [7, 11) is 0. The Morgan fingerprint density at radius 3 is 0.727 bits per heavy atom. The van der Waals surface area contributed by atoms with Crippen molar-refractivity contribution in [3.8, 4) is 0 Å². The van der Waals surface area contributed by atoms with E-state index in [2.05, 4.69) is 0 Å². The molecule has 0 spiro atoms. The molecule has 0 radical (unpaired) electrons. The predicted molar refractivity (Wildman–Crippen MR) is 43.3 cm³/mol. The summed E-state index contributed by atoms with van der Waals surface area (Å²) in [6.07, 6.45) is -25.7. The molecule has 0 saturated carbocycles. The van der Waals surface area contributed by atoms with Gasteiger partial charge >= 0.3 is 24.7 Å². The summed E-state index contributed by atoms with van der Waals surface area (Å²) in [6.45, 7) is 0. The maximum absolute atomic E-state index is 12.4. The lowest BCUT2D eigenvalue weighted by Gasteiger charge is -2.18. The minimum Gasteiger partial charge on any atom is -0.289 e. The Hall–Kier alpha value is -1.69. The molecular formula is C9F12O. The van der Waals surface area contributed by atoms with Crippen LogP contribution in [0.3, 0.4) is 0 Å². The fourth-order valence-corrected chi connectivity index (χ4v) is 1.71. The summed E-state index contributed by atoms with van der Waals surface area (Å²) in [5.74, 6) is -3.42. The normalized spacial score (nSPS) is 18.6. The first kappa shape index (κ1) is 18.4. The van der Waals surface area contributed by atoms with Crippen LogP contribution in [0.5, 0.6) is 0 Å². The molecule has 0 fully saturated rings. The molecule has 13 heteroatoms. The Bertz CT molecular complexity index is 511. The molecule has 0 aliphatic heterocycles. The number of ketones is 1. The van der Waals surface area contributed by atoms with Crippen LogP contribution in [0.1, 0.15) is 0 Å². The van der Waals surface area contributed by atoms with E-state index in [9.17, 15) is 57.5 Å². The highest BCUT2D eigenvalue weighted by molar-refractivity contribution is 6.15. The number of Topliss-reactive ketones (excluding diaryl/α,β-unsaturated/α-hetero) is 1. The quantitative estimate of drug-likeness (QED) is 0.591. The molecule has 0 bridgehead atoms. The van der Waals surface area contributed by atoms with Crippen LogP contribution in [-0.4, -0.2) is 30.5 Å². The second-order valence-electron chi connectivity index (χ2n) is 3.82. The third kappa shape index (κ3) is 3.06. The summed E-state index contributed by atoms with van der Waals surface area (Å²) in [5, 5.41) is 0. The van der Waals surface area contributed by atoms with Gasteiger partial charge in [0.1, 0.15) is 11.1 Å². The van der Waals surface area contributed by atoms with E-state index in [0.29, 0.717) is 0 Å². The van der Waals surface area contributed by atoms with Crippen LogP contribution < -0.4 is 0 Å². The largest absolute Gasteiger partial charge is 0.420 e. The van der Waals surface area contributed by atoms with Gasteiger partial charge in [0.05, 0.1) is 11.1 Å². The Morgan fingerprint density at radius 2 is 0.591 bits per heavy atom. The van der Waals surface area contributed by atoms with E-state index in [1.165, 1.54) is 0 Å². The fraction of sp³-hybridized carbons (Fsp3) is 0.444. The maximum Gasteiger partial charge on any atom is 0.420 e. The molecule has 1 nitrogen and oxygen atoms in total. The van der Waals surface area contributed by atoms with Crippen molar-refractivity contribution in [3.05, 3.63) is 22.3 Å². The van der Waals surface area contributed by atoms with Crippen LogP contribution in [0.4, 0.5) is 52.7 Å². The number of hydrogen-bond donors (Lipinski definition) is 0. The zero-order valence-corrected chi connectivity index (χ0v) is 9.44. The van der Waals surface area contributed by atoms with E-state index in [1.54, 1.807) is 0 Å². The standard InChI is InChI=1S/C9F12O/c10-6(11,12)1-2(7(13,14)15)4(9(19,20)21)5(22)3(1)8(16,17)18. The highest BCUT2D eigenvalue weighted by atomic mass is 19.4. The number of hydrogen-bond acceptors (Lipinski definition) is 1. The summed E-state index contributed by atoms with van der Waals surface area (Å²) in [4.78, 5) is 11.0. The maximum atomic E-state index is 12.4. The van der Waals surface area contributed by atoms with Gasteiger partial charge in [-0.2, -0.15) is 52.7 Å². The molecule has 1 aliphatic carbocycles. The molecule has 0 aromatic carbocycles. The predicted octanol–water partition coefficient (Wildman–Crippen LogP) is 4.41. The molecule has 126 valence electrons. The summed E-state index contributed by atoms with van der Waals surface area (Å²) >= 11 is 0. The van der Waals surface area contributed by atoms with Crippen molar-refractivity contribution in [2.45, 2.75) is 24.7 Å². The number of carbonyl (C=O) groups excluding carboxylic acids is 1. The first-order valence-electron chi connectivity index (χ1n) is 4.72. The van der Waals surface area contributed by atoms with Gasteiger partial charge in [0.2, 0.25) is 5.78 Å². The molecule has 0 saturated heterocycles. The summed E-state index contributed by atoms with van der Waals surface area (Å²) in [6, 6.07) is 0. The van der Waals surface area contributed by atoms with Crippen molar-refractivity contribution in [2.75, 3.05) is 0 Å². The second-order valence-corrected chi connectivity index (χ2v) is 3.82. The minimum absolute atomic E-state index is 3.42. The van der Waals surface area contributed by atoms with Crippen molar-refractivity contribution < 1.29 is 57.5 Å². The minimum atomic E-state index is -6.47. The Morgan fingerprint density at radius 1 is 0.409 bits per heavy atom. The molecule has 22 heavy (non-hydrogen) atoms. The average molecular weight is 352 g/mol. The Labute approximate surface area is 111 Å². The van der Waals surface area contributed by atoms with Crippen LogP contribution in [0.2, 0.25) is 0 Å². The average Bonchev–Trinajstić information content (AvgIpc) is 2.48. The van der Waals surface area contributed by atoms with Crippen LogP contribution in [0, 0.1) is 0 Å². The van der Waals surface area contributed by atoms with Crippen molar-refractivity contribution in [1.29, 1.82) is 0 Å². The number of alkyl halides is 12. The SMILES string of the molecule is O=C1C(C(F)(F)F)=C(C(F)(F)F)C(C(F)(F)F)=C1C(F)(F)F. The Balaban J connectivity index is 3.94. The fourth-order valence-electron chi connectivity index (χ4n) is 1.71. The highest BCUT2D eigenvalue weighted by Crippen LogP contribution is 2.54. The monoisotopic (exact) mass is 352 g/mol. The van der Waals surface area contributed by atoms with Gasteiger partial charge in [-0.25, -0.2) is 0 Å². The van der Waals surface area contributed by atoms with Gasteiger partial charge in [0, 0.05) is 0 Å².